The molecule has 0 saturated carbocycles. The minimum absolute atomic E-state index is 0.163. The van der Waals surface area contributed by atoms with Crippen LogP contribution < -0.4 is 5.32 Å². The van der Waals surface area contributed by atoms with Gasteiger partial charge in [-0.15, -0.1) is 0 Å². The third kappa shape index (κ3) is 2.35. The van der Waals surface area contributed by atoms with Gasteiger partial charge in [0.25, 0.3) is 0 Å². The van der Waals surface area contributed by atoms with Crippen LogP contribution in [-0.2, 0) is 4.79 Å². The highest BCUT2D eigenvalue weighted by molar-refractivity contribution is 5.88. The van der Waals surface area contributed by atoms with Gasteiger partial charge in [-0.05, 0) is 25.7 Å². The van der Waals surface area contributed by atoms with E-state index in [0.717, 1.165) is 26.1 Å². The molecule has 2 fully saturated rings. The molecule has 1 N–H and O–H groups in total. The van der Waals surface area contributed by atoms with Crippen LogP contribution in [0.1, 0.15) is 19.8 Å². The van der Waals surface area contributed by atoms with Gasteiger partial charge in [0.2, 0.25) is 5.91 Å². The zero-order valence-corrected chi connectivity index (χ0v) is 9.86. The fourth-order valence-corrected chi connectivity index (χ4v) is 2.69. The molecule has 0 spiro atoms. The van der Waals surface area contributed by atoms with Gasteiger partial charge in [0, 0.05) is 31.8 Å². The van der Waals surface area contributed by atoms with Crippen LogP contribution in [0.15, 0.2) is 24.3 Å². The number of carbonyl (C=O) groups excluding carboxylic acids is 1. The fourth-order valence-electron chi connectivity index (χ4n) is 2.69. The highest BCUT2D eigenvalue weighted by Crippen LogP contribution is 2.26. The molecular weight excluding hydrogens is 200 g/mol. The lowest BCUT2D eigenvalue weighted by molar-refractivity contribution is -0.130. The first-order chi connectivity index (χ1) is 7.83. The van der Waals surface area contributed by atoms with Gasteiger partial charge in [0.1, 0.15) is 0 Å². The number of nitrogens with one attached hydrogen (secondary N) is 1. The molecule has 88 valence electrons. The summed E-state index contributed by atoms with van der Waals surface area (Å²) < 4.78 is 0. The highest BCUT2D eigenvalue weighted by Gasteiger charge is 2.36. The normalized spacial score (nSPS) is 30.2. The molecule has 3 heteroatoms. The summed E-state index contributed by atoms with van der Waals surface area (Å²) in [6, 6.07) is 0.427. The molecule has 2 rings (SSSR count). The maximum atomic E-state index is 12.0. The maximum absolute atomic E-state index is 12.0. The lowest BCUT2D eigenvalue weighted by atomic mass is 9.92. The van der Waals surface area contributed by atoms with Crippen molar-refractivity contribution < 1.29 is 4.79 Å². The van der Waals surface area contributed by atoms with Gasteiger partial charge in [-0.2, -0.15) is 0 Å². The number of allylic oxidation sites excluding steroid dienone is 3. The lowest BCUT2D eigenvalue weighted by Gasteiger charge is -2.36. The van der Waals surface area contributed by atoms with Crippen molar-refractivity contribution in [2.24, 2.45) is 5.92 Å². The summed E-state index contributed by atoms with van der Waals surface area (Å²) in [5, 5.41) is 3.38. The fraction of sp³-hybridized carbons (Fsp3) is 0.615. The summed E-state index contributed by atoms with van der Waals surface area (Å²) in [6.07, 6.45) is 9.74. The molecule has 2 heterocycles. The van der Waals surface area contributed by atoms with E-state index in [1.54, 1.807) is 6.08 Å². The summed E-state index contributed by atoms with van der Waals surface area (Å²) in [5.41, 5.74) is 0. The van der Waals surface area contributed by atoms with Gasteiger partial charge >= 0.3 is 0 Å². The van der Waals surface area contributed by atoms with Crippen molar-refractivity contribution in [1.82, 2.24) is 10.2 Å². The number of nitrogens with zero attached hydrogens (tertiary/aromatic N) is 1. The molecule has 1 amide bonds. The molecule has 0 aromatic heterocycles. The second-order valence-corrected chi connectivity index (χ2v) is 4.54. The van der Waals surface area contributed by atoms with Crippen molar-refractivity contribution in [3.05, 3.63) is 24.3 Å². The first-order valence-electron chi connectivity index (χ1n) is 6.13. The number of amides is 1. The predicted octanol–water partition coefficient (Wildman–Crippen LogP) is 1.33. The van der Waals surface area contributed by atoms with Crippen molar-refractivity contribution >= 4 is 5.91 Å². The second kappa shape index (κ2) is 5.30. The third-order valence-corrected chi connectivity index (χ3v) is 3.50. The monoisotopic (exact) mass is 220 g/mol. The van der Waals surface area contributed by atoms with Crippen molar-refractivity contribution in [3.63, 3.8) is 0 Å². The van der Waals surface area contributed by atoms with E-state index in [-0.39, 0.29) is 5.91 Å². The van der Waals surface area contributed by atoms with Gasteiger partial charge < -0.3 is 10.2 Å². The third-order valence-electron chi connectivity index (χ3n) is 3.50. The van der Waals surface area contributed by atoms with Gasteiger partial charge in [-0.1, -0.05) is 18.2 Å². The molecule has 0 aromatic rings. The SMILES string of the molecule is CC=CC=CC(=O)N1CCCC2CNCC21. The van der Waals surface area contributed by atoms with Crippen LogP contribution in [0.2, 0.25) is 0 Å². The Balaban J connectivity index is 1.99. The van der Waals surface area contributed by atoms with Gasteiger partial charge in [0.15, 0.2) is 0 Å². The molecule has 2 unspecified atom stereocenters. The van der Waals surface area contributed by atoms with Crippen molar-refractivity contribution in [2.75, 3.05) is 19.6 Å². The van der Waals surface area contributed by atoms with E-state index >= 15 is 0 Å². The topological polar surface area (TPSA) is 32.3 Å². The Morgan fingerprint density at radius 1 is 1.38 bits per heavy atom. The van der Waals surface area contributed by atoms with Crippen LogP contribution in [0.25, 0.3) is 0 Å². The molecular formula is C13H20N2O. The molecule has 3 nitrogen and oxygen atoms in total. The molecule has 0 radical (unpaired) electrons. The van der Waals surface area contributed by atoms with Crippen LogP contribution in [0.5, 0.6) is 0 Å². The number of likely N-dealkylation sites (tertiary alicyclic amines) is 1. The van der Waals surface area contributed by atoms with E-state index in [2.05, 4.69) is 5.32 Å². The van der Waals surface area contributed by atoms with E-state index in [0.29, 0.717) is 12.0 Å². The maximum Gasteiger partial charge on any atom is 0.246 e. The van der Waals surface area contributed by atoms with Crippen LogP contribution in [0.3, 0.4) is 0 Å². The molecule has 0 aromatic carbocycles. The smallest absolute Gasteiger partial charge is 0.246 e. The molecule has 2 saturated heterocycles. The molecule has 2 aliphatic heterocycles. The largest absolute Gasteiger partial charge is 0.335 e. The Morgan fingerprint density at radius 2 is 2.25 bits per heavy atom. The molecule has 0 bridgehead atoms. The van der Waals surface area contributed by atoms with E-state index in [1.807, 2.05) is 30.1 Å². The number of hydrogen-bond acceptors (Lipinski definition) is 2. The summed E-state index contributed by atoms with van der Waals surface area (Å²) in [5.74, 6) is 0.837. The van der Waals surface area contributed by atoms with Gasteiger partial charge in [-0.3, -0.25) is 4.79 Å². The first kappa shape index (κ1) is 11.4. The second-order valence-electron chi connectivity index (χ2n) is 4.54. The van der Waals surface area contributed by atoms with Gasteiger partial charge in [0.05, 0.1) is 0 Å². The Bertz CT molecular complexity index is 309. The molecule has 2 atom stereocenters. The summed E-state index contributed by atoms with van der Waals surface area (Å²) >= 11 is 0. The van der Waals surface area contributed by atoms with E-state index in [4.69, 9.17) is 0 Å². The van der Waals surface area contributed by atoms with Crippen LogP contribution in [0, 0.1) is 5.92 Å². The quantitative estimate of drug-likeness (QED) is 0.562. The minimum atomic E-state index is 0.163. The van der Waals surface area contributed by atoms with Crippen molar-refractivity contribution in [3.8, 4) is 0 Å². The Labute approximate surface area is 97.2 Å². The highest BCUT2D eigenvalue weighted by atomic mass is 16.2. The average Bonchev–Trinajstić information content (AvgIpc) is 2.76. The summed E-state index contributed by atoms with van der Waals surface area (Å²) in [6.45, 7) is 4.91. The van der Waals surface area contributed by atoms with E-state index in [1.165, 1.54) is 6.42 Å². The number of piperidine rings is 1. The van der Waals surface area contributed by atoms with Crippen molar-refractivity contribution in [1.29, 1.82) is 0 Å². The lowest BCUT2D eigenvalue weighted by Crippen LogP contribution is -2.47. The van der Waals surface area contributed by atoms with Crippen molar-refractivity contribution in [2.45, 2.75) is 25.8 Å². The zero-order chi connectivity index (χ0) is 11.4. The standard InChI is InChI=1S/C13H20N2O/c1-2-3-4-7-13(16)15-8-5-6-11-9-14-10-12(11)15/h2-4,7,11-12,14H,5-6,8-10H2,1H3. The summed E-state index contributed by atoms with van der Waals surface area (Å²) in [4.78, 5) is 14.0. The molecule has 2 aliphatic rings. The Kier molecular flexibility index (Phi) is 3.78. The van der Waals surface area contributed by atoms with E-state index < -0.39 is 0 Å². The Hall–Kier alpha value is -1.09. The first-order valence-corrected chi connectivity index (χ1v) is 6.13. The van der Waals surface area contributed by atoms with Crippen LogP contribution >= 0.6 is 0 Å². The number of hydrogen-bond donors (Lipinski definition) is 1. The van der Waals surface area contributed by atoms with E-state index in [9.17, 15) is 4.79 Å². The minimum Gasteiger partial charge on any atom is -0.335 e. The number of carbonyl (C=O) groups is 1. The average molecular weight is 220 g/mol. The zero-order valence-electron chi connectivity index (χ0n) is 9.86. The Morgan fingerprint density at radius 3 is 3.06 bits per heavy atom. The molecule has 0 aliphatic carbocycles. The number of rotatable bonds is 2. The van der Waals surface area contributed by atoms with Gasteiger partial charge in [-0.25, -0.2) is 0 Å². The molecule has 16 heavy (non-hydrogen) atoms. The van der Waals surface area contributed by atoms with Crippen LogP contribution in [0.4, 0.5) is 0 Å². The summed E-state index contributed by atoms with van der Waals surface area (Å²) in [7, 11) is 0. The predicted molar refractivity (Wildman–Crippen MR) is 65.0 cm³/mol. The van der Waals surface area contributed by atoms with Crippen LogP contribution in [-0.4, -0.2) is 36.5 Å². The number of fused-ring (bicyclic) bond motifs is 1.